The van der Waals surface area contributed by atoms with E-state index in [4.69, 9.17) is 0 Å². The zero-order valence-corrected chi connectivity index (χ0v) is 10.4. The monoisotopic (exact) mass is 250 g/mol. The Morgan fingerprint density at radius 2 is 2.17 bits per heavy atom. The van der Waals surface area contributed by atoms with E-state index in [1.54, 1.807) is 12.1 Å². The smallest absolute Gasteiger partial charge is 0.165 e. The van der Waals surface area contributed by atoms with Crippen LogP contribution >= 0.6 is 0 Å². The number of phenols is 1. The van der Waals surface area contributed by atoms with E-state index in [1.165, 1.54) is 6.07 Å². The molecule has 3 nitrogen and oxygen atoms in total. The number of hydrogen-bond donors (Lipinski definition) is 2. The van der Waals surface area contributed by atoms with Crippen LogP contribution in [-0.4, -0.2) is 36.2 Å². The van der Waals surface area contributed by atoms with Crippen molar-refractivity contribution in [2.45, 2.75) is 12.5 Å². The number of rotatable bonds is 4. The van der Waals surface area contributed by atoms with Crippen LogP contribution in [0.25, 0.3) is 0 Å². The molecule has 1 aliphatic rings. The quantitative estimate of drug-likeness (QED) is 0.803. The first-order chi connectivity index (χ1) is 8.74. The second kappa shape index (κ2) is 5.98. The molecule has 1 fully saturated rings. The fourth-order valence-corrected chi connectivity index (χ4v) is 2.43. The lowest BCUT2D eigenvalue weighted by Crippen LogP contribution is -2.45. The van der Waals surface area contributed by atoms with Gasteiger partial charge < -0.3 is 10.4 Å². The van der Waals surface area contributed by atoms with Crippen LogP contribution in [0.1, 0.15) is 18.0 Å². The molecule has 1 aliphatic heterocycles. The van der Waals surface area contributed by atoms with Gasteiger partial charge in [-0.1, -0.05) is 18.2 Å². The van der Waals surface area contributed by atoms with Crippen molar-refractivity contribution in [2.24, 2.45) is 0 Å². The molecule has 2 rings (SSSR count). The van der Waals surface area contributed by atoms with E-state index in [1.807, 2.05) is 6.08 Å². The average Bonchev–Trinajstić information content (AvgIpc) is 2.41. The molecule has 0 saturated carbocycles. The molecule has 0 aromatic heterocycles. The van der Waals surface area contributed by atoms with Gasteiger partial charge in [0.25, 0.3) is 0 Å². The van der Waals surface area contributed by atoms with Crippen LogP contribution in [0.5, 0.6) is 5.75 Å². The van der Waals surface area contributed by atoms with Crippen LogP contribution in [0.15, 0.2) is 30.9 Å². The highest BCUT2D eigenvalue weighted by atomic mass is 19.1. The van der Waals surface area contributed by atoms with Gasteiger partial charge >= 0.3 is 0 Å². The van der Waals surface area contributed by atoms with Gasteiger partial charge in [0.2, 0.25) is 0 Å². The topological polar surface area (TPSA) is 35.5 Å². The maximum Gasteiger partial charge on any atom is 0.165 e. The summed E-state index contributed by atoms with van der Waals surface area (Å²) < 4.78 is 13.4. The standard InChI is InChI=1S/C14H19FN2O/c1-2-4-13(17-9-7-16-8-10-17)11-5-3-6-12(15)14(11)18/h2-3,5-6,13,16,18H,1,4,7-10H2/t13-/m0/s1. The van der Waals surface area contributed by atoms with Crippen molar-refractivity contribution in [3.8, 4) is 5.75 Å². The van der Waals surface area contributed by atoms with E-state index >= 15 is 0 Å². The van der Waals surface area contributed by atoms with E-state index in [2.05, 4.69) is 16.8 Å². The molecule has 1 aromatic rings. The first-order valence-corrected chi connectivity index (χ1v) is 6.27. The summed E-state index contributed by atoms with van der Waals surface area (Å²) in [6, 6.07) is 4.71. The predicted molar refractivity (Wildman–Crippen MR) is 70.1 cm³/mol. The summed E-state index contributed by atoms with van der Waals surface area (Å²) in [5.41, 5.74) is 0.650. The lowest BCUT2D eigenvalue weighted by atomic mass is 10.00. The highest BCUT2D eigenvalue weighted by molar-refractivity contribution is 5.36. The molecule has 18 heavy (non-hydrogen) atoms. The van der Waals surface area contributed by atoms with Gasteiger partial charge in [0, 0.05) is 37.8 Å². The van der Waals surface area contributed by atoms with E-state index in [9.17, 15) is 9.50 Å². The molecular formula is C14H19FN2O. The predicted octanol–water partition coefficient (Wildman–Crippen LogP) is 2.05. The Morgan fingerprint density at radius 3 is 2.83 bits per heavy atom. The summed E-state index contributed by atoms with van der Waals surface area (Å²) in [5.74, 6) is -0.792. The fraction of sp³-hybridized carbons (Fsp3) is 0.429. The van der Waals surface area contributed by atoms with Crippen LogP contribution in [0, 0.1) is 5.82 Å². The number of phenolic OH excluding ortho intramolecular Hbond substituents is 1. The molecular weight excluding hydrogens is 231 g/mol. The zero-order chi connectivity index (χ0) is 13.0. The Labute approximate surface area is 107 Å². The Kier molecular flexibility index (Phi) is 4.33. The van der Waals surface area contributed by atoms with Crippen LogP contribution in [0.3, 0.4) is 0 Å². The van der Waals surface area contributed by atoms with Crippen molar-refractivity contribution >= 4 is 0 Å². The zero-order valence-electron chi connectivity index (χ0n) is 10.4. The molecule has 2 N–H and O–H groups in total. The van der Waals surface area contributed by atoms with E-state index in [0.29, 0.717) is 12.0 Å². The Balaban J connectivity index is 2.28. The number of hydrogen-bond acceptors (Lipinski definition) is 3. The highest BCUT2D eigenvalue weighted by Gasteiger charge is 2.24. The molecule has 0 radical (unpaired) electrons. The summed E-state index contributed by atoms with van der Waals surface area (Å²) in [5, 5.41) is 13.2. The van der Waals surface area contributed by atoms with Crippen LogP contribution < -0.4 is 5.32 Å². The minimum Gasteiger partial charge on any atom is -0.505 e. The number of nitrogens with one attached hydrogen (secondary N) is 1. The number of nitrogens with zero attached hydrogens (tertiary/aromatic N) is 1. The molecule has 0 bridgehead atoms. The van der Waals surface area contributed by atoms with E-state index in [0.717, 1.165) is 26.2 Å². The van der Waals surface area contributed by atoms with Crippen LogP contribution in [0.2, 0.25) is 0 Å². The summed E-state index contributed by atoms with van der Waals surface area (Å²) in [7, 11) is 0. The first-order valence-electron chi connectivity index (χ1n) is 6.27. The van der Waals surface area contributed by atoms with Crippen molar-refractivity contribution in [3.63, 3.8) is 0 Å². The average molecular weight is 250 g/mol. The van der Waals surface area contributed by atoms with Gasteiger partial charge in [0.1, 0.15) is 0 Å². The van der Waals surface area contributed by atoms with Crippen molar-refractivity contribution in [2.75, 3.05) is 26.2 Å². The third kappa shape index (κ3) is 2.71. The van der Waals surface area contributed by atoms with Gasteiger partial charge in [-0.2, -0.15) is 0 Å². The number of benzene rings is 1. The molecule has 1 atom stereocenters. The molecule has 1 saturated heterocycles. The molecule has 4 heteroatoms. The van der Waals surface area contributed by atoms with E-state index < -0.39 is 5.82 Å². The SMILES string of the molecule is C=CC[C@@H](c1cccc(F)c1O)N1CCNCC1. The van der Waals surface area contributed by atoms with Gasteiger partial charge in [0.15, 0.2) is 11.6 Å². The largest absolute Gasteiger partial charge is 0.505 e. The van der Waals surface area contributed by atoms with E-state index in [-0.39, 0.29) is 11.8 Å². The van der Waals surface area contributed by atoms with Gasteiger partial charge in [-0.25, -0.2) is 4.39 Å². The molecule has 0 unspecified atom stereocenters. The molecule has 0 aliphatic carbocycles. The lowest BCUT2D eigenvalue weighted by Gasteiger charge is -2.35. The minimum atomic E-state index is -0.559. The molecule has 1 aromatic carbocycles. The summed E-state index contributed by atoms with van der Waals surface area (Å²) in [6.07, 6.45) is 2.52. The summed E-state index contributed by atoms with van der Waals surface area (Å²) in [6.45, 7) is 7.39. The summed E-state index contributed by atoms with van der Waals surface area (Å²) >= 11 is 0. The molecule has 1 heterocycles. The fourth-order valence-electron chi connectivity index (χ4n) is 2.43. The molecule has 0 spiro atoms. The van der Waals surface area contributed by atoms with Crippen molar-refractivity contribution < 1.29 is 9.50 Å². The van der Waals surface area contributed by atoms with Gasteiger partial charge in [0.05, 0.1) is 0 Å². The van der Waals surface area contributed by atoms with Crippen molar-refractivity contribution in [1.29, 1.82) is 0 Å². The molecule has 98 valence electrons. The Hall–Kier alpha value is -1.39. The van der Waals surface area contributed by atoms with Crippen LogP contribution in [0.4, 0.5) is 4.39 Å². The maximum absolute atomic E-state index is 13.4. The second-order valence-electron chi connectivity index (χ2n) is 4.50. The van der Waals surface area contributed by atoms with Gasteiger partial charge in [-0.3, -0.25) is 4.90 Å². The van der Waals surface area contributed by atoms with Crippen LogP contribution in [-0.2, 0) is 0 Å². The second-order valence-corrected chi connectivity index (χ2v) is 4.50. The van der Waals surface area contributed by atoms with Gasteiger partial charge in [-0.05, 0) is 12.5 Å². The minimum absolute atomic E-state index is 0.000278. The van der Waals surface area contributed by atoms with Crippen molar-refractivity contribution in [1.82, 2.24) is 10.2 Å². The lowest BCUT2D eigenvalue weighted by molar-refractivity contribution is 0.171. The normalized spacial score (nSPS) is 18.5. The Bertz CT molecular complexity index is 416. The van der Waals surface area contributed by atoms with Gasteiger partial charge in [-0.15, -0.1) is 6.58 Å². The third-order valence-corrected chi connectivity index (χ3v) is 3.36. The number of para-hydroxylation sites is 1. The Morgan fingerprint density at radius 1 is 1.44 bits per heavy atom. The third-order valence-electron chi connectivity index (χ3n) is 3.36. The molecule has 0 amide bonds. The highest BCUT2D eigenvalue weighted by Crippen LogP contribution is 2.33. The number of aromatic hydroxyl groups is 1. The summed E-state index contributed by atoms with van der Waals surface area (Å²) in [4.78, 5) is 2.26. The first kappa shape index (κ1) is 13.1. The number of halogens is 1. The number of piperazine rings is 1. The van der Waals surface area contributed by atoms with Crippen molar-refractivity contribution in [3.05, 3.63) is 42.2 Å². The maximum atomic E-state index is 13.4.